The van der Waals surface area contributed by atoms with Crippen LogP contribution in [-0.4, -0.2) is 33.4 Å². The maximum absolute atomic E-state index is 10.8. The maximum Gasteiger partial charge on any atom is 0.247 e. The van der Waals surface area contributed by atoms with Crippen molar-refractivity contribution < 1.29 is 9.62 Å². The van der Waals surface area contributed by atoms with E-state index < -0.39 is 0 Å². The van der Waals surface area contributed by atoms with Gasteiger partial charge in [0, 0.05) is 18.7 Å². The Morgan fingerprint density at radius 1 is 1.12 bits per heavy atom. The maximum atomic E-state index is 10.8. The Hall–Kier alpha value is -2.74. The molecule has 0 amide bonds. The molecule has 2 heterocycles. The van der Waals surface area contributed by atoms with Crippen LogP contribution in [0.3, 0.4) is 0 Å². The van der Waals surface area contributed by atoms with Crippen LogP contribution < -0.4 is 5.23 Å². The molecule has 1 fully saturated rings. The smallest absolute Gasteiger partial charge is 0.247 e. The van der Waals surface area contributed by atoms with Crippen LogP contribution in [0.5, 0.6) is 0 Å². The van der Waals surface area contributed by atoms with Gasteiger partial charge < -0.3 is 14.9 Å². The molecule has 0 unspecified atom stereocenters. The fraction of sp³-hybridized carbons (Fsp3) is 0.263. The summed E-state index contributed by atoms with van der Waals surface area (Å²) in [4.78, 5) is 2.32. The van der Waals surface area contributed by atoms with E-state index in [4.69, 9.17) is 9.62 Å². The third-order valence-corrected chi connectivity index (χ3v) is 4.65. The normalized spacial score (nSPS) is 17.5. The molecule has 1 saturated heterocycles. The average Bonchev–Trinajstić information content (AvgIpc) is 3.32. The van der Waals surface area contributed by atoms with Crippen LogP contribution in [0.25, 0.3) is 11.5 Å². The van der Waals surface area contributed by atoms with E-state index in [0.29, 0.717) is 11.8 Å². The lowest BCUT2D eigenvalue weighted by atomic mass is 10.1. The average molecular weight is 351 g/mol. The van der Waals surface area contributed by atoms with E-state index in [2.05, 4.69) is 15.1 Å². The highest BCUT2D eigenvalue weighted by atomic mass is 16.8. The van der Waals surface area contributed by atoms with Crippen molar-refractivity contribution >= 4 is 5.69 Å². The SMILES string of the molecule is [O-]N(O)c1ccc(CN2CC[C@H](c3nnc(-c4ccccc4)o3)C2)cc1. The van der Waals surface area contributed by atoms with E-state index in [1.54, 1.807) is 12.1 Å². The summed E-state index contributed by atoms with van der Waals surface area (Å²) in [6, 6.07) is 16.7. The lowest BCUT2D eigenvalue weighted by Crippen LogP contribution is -2.19. The standard InChI is InChI=1S/C19H19N4O3/c24-23(25)17-8-6-14(7-9-17)12-22-11-10-16(13-22)19-21-20-18(26-19)15-4-2-1-3-5-15/h1-9,16,24H,10-13H2/q-1/t16-/m0/s1. The van der Waals surface area contributed by atoms with Gasteiger partial charge in [-0.15, -0.1) is 10.2 Å². The van der Waals surface area contributed by atoms with Gasteiger partial charge in [-0.25, -0.2) is 0 Å². The Morgan fingerprint density at radius 3 is 2.62 bits per heavy atom. The van der Waals surface area contributed by atoms with Gasteiger partial charge in [0.05, 0.1) is 11.6 Å². The van der Waals surface area contributed by atoms with Crippen molar-refractivity contribution in [1.82, 2.24) is 15.1 Å². The predicted octanol–water partition coefficient (Wildman–Crippen LogP) is 3.42. The molecule has 4 rings (SSSR count). The number of rotatable bonds is 5. The minimum absolute atomic E-state index is 0.129. The van der Waals surface area contributed by atoms with Gasteiger partial charge in [0.15, 0.2) is 0 Å². The first-order valence-electron chi connectivity index (χ1n) is 8.55. The summed E-state index contributed by atoms with van der Waals surface area (Å²) in [6.07, 6.45) is 0.972. The van der Waals surface area contributed by atoms with Crippen LogP contribution in [0.15, 0.2) is 59.0 Å². The van der Waals surface area contributed by atoms with Crippen molar-refractivity contribution in [1.29, 1.82) is 0 Å². The summed E-state index contributed by atoms with van der Waals surface area (Å²) in [6.45, 7) is 2.58. The zero-order chi connectivity index (χ0) is 17.9. The van der Waals surface area contributed by atoms with E-state index in [9.17, 15) is 5.21 Å². The fourth-order valence-electron chi connectivity index (χ4n) is 3.26. The number of anilines is 1. The zero-order valence-corrected chi connectivity index (χ0v) is 14.2. The van der Waals surface area contributed by atoms with Crippen molar-refractivity contribution in [3.8, 4) is 11.5 Å². The molecule has 134 valence electrons. The highest BCUT2D eigenvalue weighted by molar-refractivity contribution is 5.51. The zero-order valence-electron chi connectivity index (χ0n) is 14.2. The van der Waals surface area contributed by atoms with Gasteiger partial charge in [0.1, 0.15) is 0 Å². The molecule has 1 N–H and O–H groups in total. The molecule has 1 aliphatic rings. The monoisotopic (exact) mass is 351 g/mol. The first kappa shape index (κ1) is 16.7. The quantitative estimate of drug-likeness (QED) is 0.705. The summed E-state index contributed by atoms with van der Waals surface area (Å²) >= 11 is 0. The second-order valence-electron chi connectivity index (χ2n) is 6.47. The minimum Gasteiger partial charge on any atom is -0.733 e. The van der Waals surface area contributed by atoms with Gasteiger partial charge in [-0.1, -0.05) is 30.3 Å². The fourth-order valence-corrected chi connectivity index (χ4v) is 3.26. The highest BCUT2D eigenvalue weighted by Gasteiger charge is 2.28. The molecule has 7 heteroatoms. The van der Waals surface area contributed by atoms with E-state index in [1.807, 2.05) is 42.5 Å². The molecule has 0 radical (unpaired) electrons. The van der Waals surface area contributed by atoms with Gasteiger partial charge in [0.2, 0.25) is 11.8 Å². The first-order chi connectivity index (χ1) is 12.7. The lowest BCUT2D eigenvalue weighted by Gasteiger charge is -2.22. The summed E-state index contributed by atoms with van der Waals surface area (Å²) in [5.41, 5.74) is 2.25. The second-order valence-corrected chi connectivity index (χ2v) is 6.47. The predicted molar refractivity (Wildman–Crippen MR) is 96.4 cm³/mol. The molecule has 26 heavy (non-hydrogen) atoms. The van der Waals surface area contributed by atoms with Crippen LogP contribution in [-0.2, 0) is 6.54 Å². The summed E-state index contributed by atoms with van der Waals surface area (Å²) in [5, 5.41) is 28.0. The minimum atomic E-state index is -0.129. The summed E-state index contributed by atoms with van der Waals surface area (Å²) < 4.78 is 5.88. The number of hydrogen-bond donors (Lipinski definition) is 1. The largest absolute Gasteiger partial charge is 0.733 e. The molecule has 0 bridgehead atoms. The first-order valence-corrected chi connectivity index (χ1v) is 8.55. The van der Waals surface area contributed by atoms with Crippen LogP contribution in [0, 0.1) is 5.21 Å². The number of aromatic nitrogens is 2. The van der Waals surface area contributed by atoms with Crippen LogP contribution in [0.1, 0.15) is 23.8 Å². The van der Waals surface area contributed by atoms with Crippen molar-refractivity contribution in [2.45, 2.75) is 18.9 Å². The Bertz CT molecular complexity index is 849. The molecule has 0 aliphatic carbocycles. The highest BCUT2D eigenvalue weighted by Crippen LogP contribution is 2.29. The van der Waals surface area contributed by atoms with Crippen molar-refractivity contribution in [2.75, 3.05) is 18.3 Å². The van der Waals surface area contributed by atoms with Crippen molar-refractivity contribution in [3.05, 3.63) is 71.3 Å². The molecule has 1 aromatic heterocycles. The van der Waals surface area contributed by atoms with Crippen molar-refractivity contribution in [3.63, 3.8) is 0 Å². The molecule has 1 aliphatic heterocycles. The van der Waals surface area contributed by atoms with Gasteiger partial charge in [0.25, 0.3) is 0 Å². The van der Waals surface area contributed by atoms with E-state index in [0.717, 1.165) is 37.2 Å². The Kier molecular flexibility index (Phi) is 4.66. The van der Waals surface area contributed by atoms with E-state index in [-0.39, 0.29) is 16.8 Å². The van der Waals surface area contributed by atoms with Crippen LogP contribution in [0.4, 0.5) is 5.69 Å². The molecule has 1 atom stereocenters. The molecule has 0 saturated carbocycles. The number of hydrogen-bond acceptors (Lipinski definition) is 7. The Labute approximate surface area is 151 Å². The third-order valence-electron chi connectivity index (χ3n) is 4.65. The third kappa shape index (κ3) is 3.60. The molecule has 7 nitrogen and oxygen atoms in total. The topological polar surface area (TPSA) is 88.7 Å². The molecule has 2 aromatic carbocycles. The molecular formula is C19H19N4O3-. The lowest BCUT2D eigenvalue weighted by molar-refractivity contribution is 0.296. The van der Waals surface area contributed by atoms with Gasteiger partial charge in [-0.3, -0.25) is 10.1 Å². The molecule has 3 aromatic rings. The number of nitrogens with zero attached hydrogens (tertiary/aromatic N) is 4. The van der Waals surface area contributed by atoms with E-state index >= 15 is 0 Å². The van der Waals surface area contributed by atoms with Gasteiger partial charge in [-0.05, 0) is 42.8 Å². The van der Waals surface area contributed by atoms with Crippen molar-refractivity contribution in [2.24, 2.45) is 0 Å². The van der Waals surface area contributed by atoms with Gasteiger partial charge in [-0.2, -0.15) is 0 Å². The number of likely N-dealkylation sites (tertiary alicyclic amines) is 1. The molecular weight excluding hydrogens is 332 g/mol. The Morgan fingerprint density at radius 2 is 1.88 bits per heavy atom. The van der Waals surface area contributed by atoms with Crippen LogP contribution >= 0.6 is 0 Å². The van der Waals surface area contributed by atoms with Crippen LogP contribution in [0.2, 0.25) is 0 Å². The molecule has 0 spiro atoms. The van der Waals surface area contributed by atoms with Gasteiger partial charge >= 0.3 is 0 Å². The summed E-state index contributed by atoms with van der Waals surface area (Å²) in [5.74, 6) is 1.47. The second kappa shape index (κ2) is 7.25. The number of benzene rings is 2. The Balaban J connectivity index is 1.39. The summed E-state index contributed by atoms with van der Waals surface area (Å²) in [7, 11) is 0. The van der Waals surface area contributed by atoms with E-state index in [1.165, 1.54) is 0 Å².